The highest BCUT2D eigenvalue weighted by molar-refractivity contribution is 5.96. The van der Waals surface area contributed by atoms with Crippen LogP contribution in [0.5, 0.6) is 5.75 Å². The van der Waals surface area contributed by atoms with E-state index >= 15 is 0 Å². The number of benzene rings is 3. The molecule has 0 spiro atoms. The second kappa shape index (κ2) is 10.0. The van der Waals surface area contributed by atoms with Gasteiger partial charge in [0.1, 0.15) is 12.0 Å². The topological polar surface area (TPSA) is 81.7 Å². The third-order valence-electron chi connectivity index (χ3n) is 4.28. The third-order valence-corrected chi connectivity index (χ3v) is 4.28. The third kappa shape index (κ3) is 5.78. The molecule has 0 heterocycles. The maximum Gasteiger partial charge on any atom is 0.345 e. The van der Waals surface area contributed by atoms with Crippen molar-refractivity contribution >= 4 is 23.9 Å². The van der Waals surface area contributed by atoms with Crippen LogP contribution >= 0.6 is 0 Å². The summed E-state index contributed by atoms with van der Waals surface area (Å²) in [5.74, 6) is -0.742. The SMILES string of the molecule is Cc1ccc(NC(=O)[C@@H](OC(=O)COc2ccc(C=O)cc2)c2ccccc2)cc1. The number of aryl methyl sites for hydroxylation is 1. The molecule has 6 nitrogen and oxygen atoms in total. The number of esters is 1. The molecule has 0 unspecified atom stereocenters. The van der Waals surface area contributed by atoms with Gasteiger partial charge in [0.05, 0.1) is 0 Å². The Bertz CT molecular complexity index is 998. The monoisotopic (exact) mass is 403 g/mol. The van der Waals surface area contributed by atoms with E-state index in [4.69, 9.17) is 9.47 Å². The van der Waals surface area contributed by atoms with Gasteiger partial charge in [-0.15, -0.1) is 0 Å². The van der Waals surface area contributed by atoms with Crippen LogP contribution < -0.4 is 10.1 Å². The second-order valence-electron chi connectivity index (χ2n) is 6.61. The fraction of sp³-hybridized carbons (Fsp3) is 0.125. The van der Waals surface area contributed by atoms with Crippen LogP contribution in [0.15, 0.2) is 78.9 Å². The first-order valence-electron chi connectivity index (χ1n) is 9.35. The van der Waals surface area contributed by atoms with Gasteiger partial charge in [-0.05, 0) is 43.3 Å². The summed E-state index contributed by atoms with van der Waals surface area (Å²) in [7, 11) is 0. The molecule has 1 atom stereocenters. The normalized spacial score (nSPS) is 11.2. The van der Waals surface area contributed by atoms with Gasteiger partial charge in [-0.25, -0.2) is 4.79 Å². The maximum absolute atomic E-state index is 12.8. The van der Waals surface area contributed by atoms with E-state index in [1.54, 1.807) is 60.7 Å². The summed E-state index contributed by atoms with van der Waals surface area (Å²) in [5, 5.41) is 2.77. The summed E-state index contributed by atoms with van der Waals surface area (Å²) < 4.78 is 10.8. The molecule has 0 aliphatic heterocycles. The molecule has 0 aliphatic rings. The van der Waals surface area contributed by atoms with E-state index in [1.165, 1.54) is 0 Å². The fourth-order valence-corrected chi connectivity index (χ4v) is 2.70. The van der Waals surface area contributed by atoms with Crippen LogP contribution in [0.1, 0.15) is 27.6 Å². The number of aldehydes is 1. The lowest BCUT2D eigenvalue weighted by Crippen LogP contribution is -2.28. The van der Waals surface area contributed by atoms with E-state index in [-0.39, 0.29) is 6.61 Å². The summed E-state index contributed by atoms with van der Waals surface area (Å²) in [6.45, 7) is 1.58. The lowest BCUT2D eigenvalue weighted by Gasteiger charge is -2.18. The highest BCUT2D eigenvalue weighted by atomic mass is 16.6. The molecular weight excluding hydrogens is 382 g/mol. The van der Waals surface area contributed by atoms with Crippen molar-refractivity contribution in [1.82, 2.24) is 0 Å². The number of hydrogen-bond acceptors (Lipinski definition) is 5. The van der Waals surface area contributed by atoms with Crippen LogP contribution in [0.3, 0.4) is 0 Å². The molecule has 1 N–H and O–H groups in total. The molecule has 3 aromatic rings. The van der Waals surface area contributed by atoms with Crippen molar-refractivity contribution in [3.05, 3.63) is 95.6 Å². The summed E-state index contributed by atoms with van der Waals surface area (Å²) in [6, 6.07) is 22.4. The van der Waals surface area contributed by atoms with Crippen molar-refractivity contribution in [3.63, 3.8) is 0 Å². The van der Waals surface area contributed by atoms with Gasteiger partial charge in [-0.3, -0.25) is 9.59 Å². The average Bonchev–Trinajstić information content (AvgIpc) is 2.78. The quantitative estimate of drug-likeness (QED) is 0.452. The maximum atomic E-state index is 12.8. The highest BCUT2D eigenvalue weighted by Crippen LogP contribution is 2.21. The second-order valence-corrected chi connectivity index (χ2v) is 6.61. The largest absolute Gasteiger partial charge is 0.482 e. The predicted molar refractivity (Wildman–Crippen MR) is 112 cm³/mol. The number of nitrogens with one attached hydrogen (secondary N) is 1. The van der Waals surface area contributed by atoms with Gasteiger partial charge < -0.3 is 14.8 Å². The summed E-state index contributed by atoms with van der Waals surface area (Å²) >= 11 is 0. The van der Waals surface area contributed by atoms with Crippen molar-refractivity contribution in [2.45, 2.75) is 13.0 Å². The van der Waals surface area contributed by atoms with Gasteiger partial charge in [0.15, 0.2) is 6.61 Å². The first-order chi connectivity index (χ1) is 14.5. The molecule has 0 aliphatic carbocycles. The molecule has 3 rings (SSSR count). The van der Waals surface area contributed by atoms with E-state index in [0.29, 0.717) is 22.6 Å². The Kier molecular flexibility index (Phi) is 6.95. The summed E-state index contributed by atoms with van der Waals surface area (Å²) in [5.41, 5.74) is 2.72. The molecule has 152 valence electrons. The molecule has 0 aromatic heterocycles. The minimum atomic E-state index is -1.12. The lowest BCUT2D eigenvalue weighted by molar-refractivity contribution is -0.156. The Morgan fingerprint density at radius 2 is 1.60 bits per heavy atom. The van der Waals surface area contributed by atoms with Crippen molar-refractivity contribution in [2.75, 3.05) is 11.9 Å². The molecule has 3 aromatic carbocycles. The van der Waals surface area contributed by atoms with E-state index in [0.717, 1.165) is 11.8 Å². The zero-order chi connectivity index (χ0) is 21.3. The van der Waals surface area contributed by atoms with Crippen molar-refractivity contribution in [3.8, 4) is 5.75 Å². The molecule has 0 fully saturated rings. The molecule has 0 saturated heterocycles. The van der Waals surface area contributed by atoms with Crippen LogP contribution in [-0.4, -0.2) is 24.8 Å². The van der Waals surface area contributed by atoms with Gasteiger partial charge in [0.2, 0.25) is 6.10 Å². The lowest BCUT2D eigenvalue weighted by atomic mass is 10.1. The first kappa shape index (κ1) is 20.8. The highest BCUT2D eigenvalue weighted by Gasteiger charge is 2.25. The minimum Gasteiger partial charge on any atom is -0.482 e. The van der Waals surface area contributed by atoms with Crippen molar-refractivity contribution in [1.29, 1.82) is 0 Å². The smallest absolute Gasteiger partial charge is 0.345 e. The van der Waals surface area contributed by atoms with E-state index < -0.39 is 18.0 Å². The van der Waals surface area contributed by atoms with E-state index in [1.807, 2.05) is 25.1 Å². The van der Waals surface area contributed by atoms with E-state index in [2.05, 4.69) is 5.32 Å². The van der Waals surface area contributed by atoms with E-state index in [9.17, 15) is 14.4 Å². The number of carbonyl (C=O) groups is 3. The number of hydrogen-bond donors (Lipinski definition) is 1. The molecular formula is C24H21NO5. The standard InChI is InChI=1S/C24H21NO5/c1-17-7-11-20(12-8-17)25-24(28)23(19-5-3-2-4-6-19)30-22(27)16-29-21-13-9-18(15-26)10-14-21/h2-15,23H,16H2,1H3,(H,25,28)/t23-/m0/s1. The minimum absolute atomic E-state index is 0.373. The first-order valence-corrected chi connectivity index (χ1v) is 9.35. The molecule has 0 radical (unpaired) electrons. The predicted octanol–water partition coefficient (Wildman–Crippen LogP) is 4.11. The molecule has 1 amide bonds. The molecule has 0 bridgehead atoms. The Hall–Kier alpha value is -3.93. The molecule has 30 heavy (non-hydrogen) atoms. The van der Waals surface area contributed by atoms with Gasteiger partial charge in [0.25, 0.3) is 5.91 Å². The fourth-order valence-electron chi connectivity index (χ4n) is 2.70. The van der Waals surface area contributed by atoms with Crippen LogP contribution in [0, 0.1) is 6.92 Å². The van der Waals surface area contributed by atoms with Crippen LogP contribution in [0.2, 0.25) is 0 Å². The van der Waals surface area contributed by atoms with Gasteiger partial charge in [0, 0.05) is 16.8 Å². The number of ether oxygens (including phenoxy) is 2. The Labute approximate surface area is 174 Å². The number of amides is 1. The zero-order valence-corrected chi connectivity index (χ0v) is 16.4. The summed E-state index contributed by atoms with van der Waals surface area (Å²) in [6.07, 6.45) is -0.407. The number of carbonyl (C=O) groups excluding carboxylic acids is 3. The Balaban J connectivity index is 1.67. The van der Waals surface area contributed by atoms with Crippen LogP contribution in [0.4, 0.5) is 5.69 Å². The van der Waals surface area contributed by atoms with Gasteiger partial charge in [-0.1, -0.05) is 48.0 Å². The van der Waals surface area contributed by atoms with Crippen molar-refractivity contribution < 1.29 is 23.9 Å². The Morgan fingerprint density at radius 1 is 0.933 bits per heavy atom. The van der Waals surface area contributed by atoms with Gasteiger partial charge >= 0.3 is 5.97 Å². The van der Waals surface area contributed by atoms with Crippen molar-refractivity contribution in [2.24, 2.45) is 0 Å². The summed E-state index contributed by atoms with van der Waals surface area (Å²) in [4.78, 5) is 35.9. The zero-order valence-electron chi connectivity index (χ0n) is 16.4. The number of anilines is 1. The number of rotatable bonds is 8. The average molecular weight is 403 g/mol. The van der Waals surface area contributed by atoms with Crippen LogP contribution in [0.25, 0.3) is 0 Å². The van der Waals surface area contributed by atoms with Gasteiger partial charge in [-0.2, -0.15) is 0 Å². The molecule has 6 heteroatoms. The van der Waals surface area contributed by atoms with Crippen LogP contribution in [-0.2, 0) is 14.3 Å². The Morgan fingerprint density at radius 3 is 2.23 bits per heavy atom. The molecule has 0 saturated carbocycles.